The lowest BCUT2D eigenvalue weighted by Crippen LogP contribution is -2.49. The molecule has 0 amide bonds. The molecule has 0 radical (unpaired) electrons. The van der Waals surface area contributed by atoms with Gasteiger partial charge in [-0.1, -0.05) is 30.7 Å². The molecule has 1 saturated heterocycles. The molecule has 2 atom stereocenters. The van der Waals surface area contributed by atoms with Gasteiger partial charge in [-0.05, 0) is 30.5 Å². The van der Waals surface area contributed by atoms with Gasteiger partial charge in [0.05, 0.1) is 0 Å². The number of piperazine rings is 1. The van der Waals surface area contributed by atoms with Crippen molar-refractivity contribution in [2.24, 2.45) is 0 Å². The minimum absolute atomic E-state index is 0.541. The minimum atomic E-state index is 0.541. The predicted octanol–water partition coefficient (Wildman–Crippen LogP) is 2.74. The van der Waals surface area contributed by atoms with Gasteiger partial charge < -0.3 is 5.32 Å². The molecule has 3 heteroatoms. The lowest BCUT2D eigenvalue weighted by atomic mass is 10.00. The molecule has 0 aliphatic carbocycles. The van der Waals surface area contributed by atoms with E-state index < -0.39 is 0 Å². The second-order valence-corrected chi connectivity index (χ2v) is 5.51. The van der Waals surface area contributed by atoms with Crippen molar-refractivity contribution in [1.82, 2.24) is 10.2 Å². The van der Waals surface area contributed by atoms with E-state index in [1.54, 1.807) is 0 Å². The number of rotatable bonds is 3. The van der Waals surface area contributed by atoms with Gasteiger partial charge in [-0.25, -0.2) is 0 Å². The molecular weight excluding hydrogens is 232 g/mol. The Morgan fingerprint density at radius 1 is 1.53 bits per heavy atom. The number of nitrogens with zero attached hydrogens (tertiary/aromatic N) is 1. The summed E-state index contributed by atoms with van der Waals surface area (Å²) in [6, 6.07) is 8.83. The Morgan fingerprint density at radius 3 is 3.06 bits per heavy atom. The summed E-state index contributed by atoms with van der Waals surface area (Å²) in [4.78, 5) is 2.53. The maximum Gasteiger partial charge on any atom is 0.0408 e. The monoisotopic (exact) mass is 252 g/mol. The van der Waals surface area contributed by atoms with E-state index in [1.807, 2.05) is 12.1 Å². The summed E-state index contributed by atoms with van der Waals surface area (Å²) in [5.41, 5.74) is 1.34. The van der Waals surface area contributed by atoms with Gasteiger partial charge in [0.15, 0.2) is 0 Å². The van der Waals surface area contributed by atoms with Gasteiger partial charge in [-0.3, -0.25) is 4.90 Å². The van der Waals surface area contributed by atoms with Crippen LogP contribution in [0, 0.1) is 0 Å². The van der Waals surface area contributed by atoms with E-state index in [0.717, 1.165) is 31.2 Å². The second kappa shape index (κ2) is 5.85. The van der Waals surface area contributed by atoms with E-state index >= 15 is 0 Å². The molecule has 1 aromatic carbocycles. The second-order valence-electron chi connectivity index (χ2n) is 5.07. The van der Waals surface area contributed by atoms with Gasteiger partial charge in [0.25, 0.3) is 0 Å². The van der Waals surface area contributed by atoms with Crippen molar-refractivity contribution in [2.45, 2.75) is 25.8 Å². The lowest BCUT2D eigenvalue weighted by molar-refractivity contribution is 0.199. The fraction of sp³-hybridized carbons (Fsp3) is 0.571. The molecule has 1 fully saturated rings. The molecule has 94 valence electrons. The molecule has 1 aliphatic heterocycles. The Kier molecular flexibility index (Phi) is 4.43. The first-order valence-electron chi connectivity index (χ1n) is 6.36. The van der Waals surface area contributed by atoms with Crippen LogP contribution in [-0.4, -0.2) is 37.1 Å². The molecule has 17 heavy (non-hydrogen) atoms. The van der Waals surface area contributed by atoms with E-state index in [9.17, 15) is 0 Å². The molecule has 1 heterocycles. The van der Waals surface area contributed by atoms with Crippen molar-refractivity contribution < 1.29 is 0 Å². The van der Waals surface area contributed by atoms with Crippen LogP contribution in [0.25, 0.3) is 0 Å². The summed E-state index contributed by atoms with van der Waals surface area (Å²) in [5, 5.41) is 4.31. The van der Waals surface area contributed by atoms with Crippen LogP contribution >= 0.6 is 11.6 Å². The largest absolute Gasteiger partial charge is 0.312 e. The zero-order valence-electron chi connectivity index (χ0n) is 10.6. The number of hydrogen-bond donors (Lipinski definition) is 1. The van der Waals surface area contributed by atoms with Crippen LogP contribution in [0.2, 0.25) is 5.02 Å². The zero-order valence-corrected chi connectivity index (χ0v) is 11.4. The van der Waals surface area contributed by atoms with E-state index in [0.29, 0.717) is 12.0 Å². The highest BCUT2D eigenvalue weighted by atomic mass is 35.5. The Bertz CT molecular complexity index is 367. The fourth-order valence-corrected chi connectivity index (χ4v) is 2.68. The summed E-state index contributed by atoms with van der Waals surface area (Å²) in [6.07, 6.45) is 0. The molecule has 0 aromatic heterocycles. The van der Waals surface area contributed by atoms with E-state index in [-0.39, 0.29) is 0 Å². The van der Waals surface area contributed by atoms with Gasteiger partial charge in [0.2, 0.25) is 0 Å². The van der Waals surface area contributed by atoms with Crippen LogP contribution in [-0.2, 0) is 0 Å². The fourth-order valence-electron chi connectivity index (χ4n) is 2.48. The Labute approximate surface area is 109 Å². The van der Waals surface area contributed by atoms with Crippen molar-refractivity contribution in [1.29, 1.82) is 0 Å². The van der Waals surface area contributed by atoms with Crippen LogP contribution in [0.4, 0.5) is 0 Å². The molecule has 1 aliphatic rings. The summed E-state index contributed by atoms with van der Waals surface area (Å²) in [5.74, 6) is 0.541. The first kappa shape index (κ1) is 12.9. The lowest BCUT2D eigenvalue weighted by Gasteiger charge is -2.33. The molecule has 0 spiro atoms. The van der Waals surface area contributed by atoms with Crippen molar-refractivity contribution in [2.75, 3.05) is 26.2 Å². The maximum absolute atomic E-state index is 6.03. The molecular formula is C14H21ClN2. The van der Waals surface area contributed by atoms with Crippen molar-refractivity contribution >= 4 is 11.6 Å². The average Bonchev–Trinajstić information content (AvgIpc) is 2.29. The first-order valence-corrected chi connectivity index (χ1v) is 6.74. The van der Waals surface area contributed by atoms with Gasteiger partial charge in [-0.15, -0.1) is 0 Å². The maximum atomic E-state index is 6.03. The summed E-state index contributed by atoms with van der Waals surface area (Å²) in [7, 11) is 0. The first-order chi connectivity index (χ1) is 8.15. The topological polar surface area (TPSA) is 15.3 Å². The minimum Gasteiger partial charge on any atom is -0.312 e. The van der Waals surface area contributed by atoms with Gasteiger partial charge in [0.1, 0.15) is 0 Å². The highest BCUT2D eigenvalue weighted by Crippen LogP contribution is 2.20. The molecule has 0 bridgehead atoms. The van der Waals surface area contributed by atoms with E-state index in [4.69, 9.17) is 11.6 Å². The predicted molar refractivity (Wildman–Crippen MR) is 73.8 cm³/mol. The summed E-state index contributed by atoms with van der Waals surface area (Å²) >= 11 is 6.03. The van der Waals surface area contributed by atoms with Crippen LogP contribution in [0.15, 0.2) is 24.3 Å². The summed E-state index contributed by atoms with van der Waals surface area (Å²) < 4.78 is 0. The third-order valence-electron chi connectivity index (χ3n) is 3.40. The smallest absolute Gasteiger partial charge is 0.0408 e. The molecule has 2 nitrogen and oxygen atoms in total. The van der Waals surface area contributed by atoms with Gasteiger partial charge in [0, 0.05) is 37.2 Å². The number of benzene rings is 1. The number of hydrogen-bond acceptors (Lipinski definition) is 2. The molecule has 0 saturated carbocycles. The van der Waals surface area contributed by atoms with Crippen molar-refractivity contribution in [3.63, 3.8) is 0 Å². The highest BCUT2D eigenvalue weighted by Gasteiger charge is 2.18. The molecule has 2 unspecified atom stereocenters. The average molecular weight is 253 g/mol. The van der Waals surface area contributed by atoms with Gasteiger partial charge in [-0.2, -0.15) is 0 Å². The Balaban J connectivity index is 1.94. The third-order valence-corrected chi connectivity index (χ3v) is 3.64. The van der Waals surface area contributed by atoms with Crippen LogP contribution in [0.5, 0.6) is 0 Å². The van der Waals surface area contributed by atoms with Crippen LogP contribution < -0.4 is 5.32 Å². The zero-order chi connectivity index (χ0) is 12.3. The Morgan fingerprint density at radius 2 is 2.35 bits per heavy atom. The van der Waals surface area contributed by atoms with Crippen LogP contribution in [0.1, 0.15) is 25.3 Å². The summed E-state index contributed by atoms with van der Waals surface area (Å²) in [6.45, 7) is 9.03. The highest BCUT2D eigenvalue weighted by molar-refractivity contribution is 6.30. The van der Waals surface area contributed by atoms with Gasteiger partial charge >= 0.3 is 0 Å². The third kappa shape index (κ3) is 3.70. The van der Waals surface area contributed by atoms with E-state index in [1.165, 1.54) is 5.56 Å². The standard InChI is InChI=1S/C14H21ClN2/c1-11(13-4-3-5-14(15)8-13)9-17-7-6-16-12(2)10-17/h3-5,8,11-12,16H,6-7,9-10H2,1-2H3. The van der Waals surface area contributed by atoms with Crippen molar-refractivity contribution in [3.05, 3.63) is 34.9 Å². The Hall–Kier alpha value is -0.570. The molecule has 1 aromatic rings. The molecule has 2 rings (SSSR count). The van der Waals surface area contributed by atoms with Crippen molar-refractivity contribution in [3.8, 4) is 0 Å². The SMILES string of the molecule is CC1CN(CC(C)c2cccc(Cl)c2)CCN1. The molecule has 1 N–H and O–H groups in total. The quantitative estimate of drug-likeness (QED) is 0.890. The van der Waals surface area contributed by atoms with E-state index in [2.05, 4.69) is 36.2 Å². The normalized spacial score (nSPS) is 23.6. The number of nitrogens with one attached hydrogen (secondary N) is 1. The number of halogens is 1. The van der Waals surface area contributed by atoms with Crippen LogP contribution in [0.3, 0.4) is 0 Å².